The Kier molecular flexibility index (Phi) is 6.49. The molecule has 0 aromatic heterocycles. The largest absolute Gasteiger partial charge is 0.493 e. The molecule has 1 amide bonds. The Morgan fingerprint density at radius 2 is 1.96 bits per heavy atom. The molecule has 0 aliphatic rings. The zero-order valence-corrected chi connectivity index (χ0v) is 15.6. The van der Waals surface area contributed by atoms with Crippen LogP contribution in [0.15, 0.2) is 46.9 Å². The molecular formula is C17H15BrN2O4S. The third kappa shape index (κ3) is 5.27. The van der Waals surface area contributed by atoms with Gasteiger partial charge in [-0.1, -0.05) is 6.07 Å². The Morgan fingerprint density at radius 1 is 1.20 bits per heavy atom. The number of hydrogen-bond donors (Lipinski definition) is 3. The monoisotopic (exact) mass is 422 g/mol. The SMILES string of the molecule is CCOc1ccc(C(=O)NC(=S)Nc2cccc(C(=O)O)c2)cc1Br. The van der Waals surface area contributed by atoms with Crippen molar-refractivity contribution in [3.63, 3.8) is 0 Å². The van der Waals surface area contributed by atoms with Gasteiger partial charge in [0.2, 0.25) is 0 Å². The molecule has 0 fully saturated rings. The highest BCUT2D eigenvalue weighted by Gasteiger charge is 2.11. The maximum Gasteiger partial charge on any atom is 0.335 e. The molecule has 0 saturated carbocycles. The van der Waals surface area contributed by atoms with Gasteiger partial charge in [0.25, 0.3) is 5.91 Å². The molecule has 0 radical (unpaired) electrons. The lowest BCUT2D eigenvalue weighted by atomic mass is 10.2. The van der Waals surface area contributed by atoms with Gasteiger partial charge in [0.05, 0.1) is 16.6 Å². The van der Waals surface area contributed by atoms with Crippen LogP contribution in [0.1, 0.15) is 27.6 Å². The van der Waals surface area contributed by atoms with Gasteiger partial charge in [0.15, 0.2) is 5.11 Å². The number of aromatic carboxylic acids is 1. The number of carboxylic acid groups (broad SMARTS) is 1. The minimum Gasteiger partial charge on any atom is -0.493 e. The fourth-order valence-electron chi connectivity index (χ4n) is 1.98. The molecule has 0 spiro atoms. The van der Waals surface area contributed by atoms with Crippen LogP contribution >= 0.6 is 28.1 Å². The fourth-order valence-corrected chi connectivity index (χ4v) is 2.69. The molecule has 0 bridgehead atoms. The van der Waals surface area contributed by atoms with Crippen molar-refractivity contribution in [1.29, 1.82) is 0 Å². The second kappa shape index (κ2) is 8.59. The molecule has 130 valence electrons. The van der Waals surface area contributed by atoms with Crippen LogP contribution in [0.2, 0.25) is 0 Å². The van der Waals surface area contributed by atoms with Crippen molar-refractivity contribution in [3.8, 4) is 5.75 Å². The van der Waals surface area contributed by atoms with Crippen molar-refractivity contribution in [2.45, 2.75) is 6.92 Å². The van der Waals surface area contributed by atoms with Gasteiger partial charge in [-0.2, -0.15) is 0 Å². The van der Waals surface area contributed by atoms with Gasteiger partial charge in [-0.15, -0.1) is 0 Å². The van der Waals surface area contributed by atoms with Crippen molar-refractivity contribution in [3.05, 3.63) is 58.1 Å². The quantitative estimate of drug-likeness (QED) is 0.637. The van der Waals surface area contributed by atoms with Gasteiger partial charge in [-0.05, 0) is 71.5 Å². The van der Waals surface area contributed by atoms with Gasteiger partial charge in [0.1, 0.15) is 5.75 Å². The number of thiocarbonyl (C=S) groups is 1. The number of rotatable bonds is 5. The molecule has 0 unspecified atom stereocenters. The van der Waals surface area contributed by atoms with Crippen molar-refractivity contribution in [1.82, 2.24) is 5.32 Å². The Morgan fingerprint density at radius 3 is 2.60 bits per heavy atom. The summed E-state index contributed by atoms with van der Waals surface area (Å²) in [6.45, 7) is 2.39. The summed E-state index contributed by atoms with van der Waals surface area (Å²) < 4.78 is 6.06. The summed E-state index contributed by atoms with van der Waals surface area (Å²) in [4.78, 5) is 23.2. The van der Waals surface area contributed by atoms with Crippen molar-refractivity contribution in [2.75, 3.05) is 11.9 Å². The van der Waals surface area contributed by atoms with E-state index in [-0.39, 0.29) is 10.7 Å². The summed E-state index contributed by atoms with van der Waals surface area (Å²) in [5, 5.41) is 14.4. The van der Waals surface area contributed by atoms with E-state index in [1.165, 1.54) is 12.1 Å². The van der Waals surface area contributed by atoms with Crippen LogP contribution in [0.5, 0.6) is 5.75 Å². The molecule has 2 aromatic carbocycles. The maximum absolute atomic E-state index is 12.2. The third-order valence-corrected chi connectivity index (χ3v) is 3.91. The smallest absolute Gasteiger partial charge is 0.335 e. The van der Waals surface area contributed by atoms with E-state index in [1.807, 2.05) is 6.92 Å². The van der Waals surface area contributed by atoms with Crippen molar-refractivity contribution < 1.29 is 19.4 Å². The molecule has 6 nitrogen and oxygen atoms in total. The van der Waals surface area contributed by atoms with Crippen LogP contribution in [-0.4, -0.2) is 28.7 Å². The number of benzene rings is 2. The summed E-state index contributed by atoms with van der Waals surface area (Å²) >= 11 is 8.44. The topological polar surface area (TPSA) is 87.7 Å². The van der Waals surface area contributed by atoms with Crippen molar-refractivity contribution >= 4 is 50.8 Å². The van der Waals surface area contributed by atoms with Crippen LogP contribution in [0.25, 0.3) is 0 Å². The van der Waals surface area contributed by atoms with E-state index in [2.05, 4.69) is 26.6 Å². The van der Waals surface area contributed by atoms with Crippen LogP contribution < -0.4 is 15.4 Å². The van der Waals surface area contributed by atoms with E-state index in [0.717, 1.165) is 0 Å². The number of hydrogen-bond acceptors (Lipinski definition) is 4. The minimum absolute atomic E-state index is 0.0672. The first-order valence-electron chi connectivity index (χ1n) is 7.28. The van der Waals surface area contributed by atoms with Crippen LogP contribution in [-0.2, 0) is 0 Å². The molecule has 2 rings (SSSR count). The van der Waals surface area contributed by atoms with E-state index in [4.69, 9.17) is 22.1 Å². The summed E-state index contributed by atoms with van der Waals surface area (Å²) in [5.74, 6) is -0.793. The van der Waals surface area contributed by atoms with Crippen LogP contribution in [0, 0.1) is 0 Å². The minimum atomic E-state index is -1.04. The Labute approximate surface area is 158 Å². The average molecular weight is 423 g/mol. The molecule has 0 aliphatic carbocycles. The maximum atomic E-state index is 12.2. The van der Waals surface area contributed by atoms with Gasteiger partial charge in [-0.3, -0.25) is 10.1 Å². The Bertz CT molecular complexity index is 826. The second-order valence-corrected chi connectivity index (χ2v) is 6.14. The number of ether oxygens (including phenoxy) is 1. The lowest BCUT2D eigenvalue weighted by molar-refractivity contribution is 0.0696. The number of halogens is 1. The number of nitrogens with one attached hydrogen (secondary N) is 2. The predicted molar refractivity (Wildman–Crippen MR) is 102 cm³/mol. The van der Waals surface area contributed by atoms with E-state index < -0.39 is 11.9 Å². The number of carbonyl (C=O) groups is 2. The highest BCUT2D eigenvalue weighted by atomic mass is 79.9. The zero-order valence-electron chi connectivity index (χ0n) is 13.2. The highest BCUT2D eigenvalue weighted by Crippen LogP contribution is 2.26. The molecule has 0 heterocycles. The van der Waals surface area contributed by atoms with Gasteiger partial charge < -0.3 is 15.2 Å². The first kappa shape index (κ1) is 18.9. The molecule has 25 heavy (non-hydrogen) atoms. The zero-order chi connectivity index (χ0) is 18.4. The summed E-state index contributed by atoms with van der Waals surface area (Å²) in [7, 11) is 0. The summed E-state index contributed by atoms with van der Waals surface area (Å²) in [6.07, 6.45) is 0. The van der Waals surface area contributed by atoms with Gasteiger partial charge in [0, 0.05) is 11.3 Å². The van der Waals surface area contributed by atoms with Crippen LogP contribution in [0.4, 0.5) is 5.69 Å². The predicted octanol–water partition coefficient (Wildman–Crippen LogP) is 3.67. The summed E-state index contributed by atoms with van der Waals surface area (Å²) in [6, 6.07) is 11.1. The number of carboxylic acids is 1. The van der Waals surface area contributed by atoms with Crippen LogP contribution in [0.3, 0.4) is 0 Å². The Hall–Kier alpha value is -2.45. The standard InChI is InChI=1S/C17H15BrN2O4S/c1-2-24-14-7-6-10(9-13(14)18)15(21)20-17(25)19-12-5-3-4-11(8-12)16(22)23/h3-9H,2H2,1H3,(H,22,23)(H2,19,20,21,25). The number of amides is 1. The molecule has 0 saturated heterocycles. The molecule has 3 N–H and O–H groups in total. The molecule has 0 atom stereocenters. The van der Waals surface area contributed by atoms with Gasteiger partial charge in [-0.25, -0.2) is 4.79 Å². The van der Waals surface area contributed by atoms with E-state index in [0.29, 0.717) is 28.1 Å². The number of anilines is 1. The second-order valence-electron chi connectivity index (χ2n) is 4.87. The van der Waals surface area contributed by atoms with E-state index >= 15 is 0 Å². The third-order valence-electron chi connectivity index (χ3n) is 3.09. The number of carbonyl (C=O) groups excluding carboxylic acids is 1. The molecule has 2 aromatic rings. The fraction of sp³-hybridized carbons (Fsp3) is 0.118. The molecule has 0 aliphatic heterocycles. The highest BCUT2D eigenvalue weighted by molar-refractivity contribution is 9.10. The Balaban J connectivity index is 2.03. The first-order valence-corrected chi connectivity index (χ1v) is 8.49. The van der Waals surface area contributed by atoms with Gasteiger partial charge >= 0.3 is 5.97 Å². The van der Waals surface area contributed by atoms with E-state index in [9.17, 15) is 9.59 Å². The normalized spacial score (nSPS) is 10.0. The molecular weight excluding hydrogens is 408 g/mol. The lowest BCUT2D eigenvalue weighted by Gasteiger charge is -2.11. The van der Waals surface area contributed by atoms with E-state index in [1.54, 1.807) is 30.3 Å². The van der Waals surface area contributed by atoms with Crippen molar-refractivity contribution in [2.24, 2.45) is 0 Å². The average Bonchev–Trinajstić information content (AvgIpc) is 2.56. The summed E-state index contributed by atoms with van der Waals surface area (Å²) in [5.41, 5.74) is 0.992. The first-order chi connectivity index (χ1) is 11.9. The lowest BCUT2D eigenvalue weighted by Crippen LogP contribution is -2.34. The molecule has 8 heteroatoms.